The summed E-state index contributed by atoms with van der Waals surface area (Å²) in [4.78, 5) is 24.6. The number of carbonyl (C=O) groups excluding carboxylic acids is 2. The largest absolute Gasteiger partial charge is 0.369 e. The summed E-state index contributed by atoms with van der Waals surface area (Å²) in [6.45, 7) is 6.04. The second-order valence-corrected chi connectivity index (χ2v) is 5.12. The van der Waals surface area contributed by atoms with Gasteiger partial charge in [0.05, 0.1) is 11.0 Å². The number of rotatable bonds is 2. The maximum absolute atomic E-state index is 11.8. The monoisotopic (exact) mass is 213 g/mol. The molecule has 1 unspecified atom stereocenters. The number of nitrogens with zero attached hydrogens (tertiary/aromatic N) is 1. The molecule has 1 aliphatic rings. The summed E-state index contributed by atoms with van der Waals surface area (Å²) in [6, 6.07) is 0. The van der Waals surface area contributed by atoms with Crippen molar-refractivity contribution in [1.82, 2.24) is 4.90 Å². The quantitative estimate of drug-likeness (QED) is 0.644. The topological polar surface area (TPSA) is 89.4 Å². The van der Waals surface area contributed by atoms with E-state index < -0.39 is 11.0 Å². The summed E-state index contributed by atoms with van der Waals surface area (Å²) in [5.74, 6) is -0.486. The number of likely N-dealkylation sites (tertiary alicyclic amines) is 1. The highest BCUT2D eigenvalue weighted by atomic mass is 16.2. The fraction of sp³-hybridized carbons (Fsp3) is 0.800. The van der Waals surface area contributed by atoms with Crippen LogP contribution in [0.3, 0.4) is 0 Å². The molecule has 0 aromatic rings. The summed E-state index contributed by atoms with van der Waals surface area (Å²) in [6.07, 6.45) is 0.615. The number of primary amides is 1. The van der Waals surface area contributed by atoms with Crippen LogP contribution in [0.5, 0.6) is 0 Å². The van der Waals surface area contributed by atoms with E-state index in [1.807, 2.05) is 0 Å². The Labute approximate surface area is 89.8 Å². The van der Waals surface area contributed by atoms with Crippen LogP contribution < -0.4 is 11.5 Å². The summed E-state index contributed by atoms with van der Waals surface area (Å²) < 4.78 is 0. The zero-order chi connectivity index (χ0) is 11.9. The molecule has 0 aromatic carbocycles. The molecule has 1 fully saturated rings. The zero-order valence-electron chi connectivity index (χ0n) is 9.54. The van der Waals surface area contributed by atoms with Gasteiger partial charge in [0.15, 0.2) is 0 Å². The van der Waals surface area contributed by atoms with Crippen LogP contribution in [0.2, 0.25) is 0 Å². The minimum Gasteiger partial charge on any atom is -0.369 e. The lowest BCUT2D eigenvalue weighted by Crippen LogP contribution is -2.51. The third-order valence-electron chi connectivity index (χ3n) is 2.91. The Kier molecular flexibility index (Phi) is 2.78. The molecule has 86 valence electrons. The van der Waals surface area contributed by atoms with E-state index in [2.05, 4.69) is 0 Å². The fourth-order valence-electron chi connectivity index (χ4n) is 1.74. The van der Waals surface area contributed by atoms with Crippen LogP contribution in [0.4, 0.5) is 0 Å². The van der Waals surface area contributed by atoms with Crippen LogP contribution in [0.1, 0.15) is 27.2 Å². The zero-order valence-corrected chi connectivity index (χ0v) is 9.54. The van der Waals surface area contributed by atoms with Gasteiger partial charge in [-0.3, -0.25) is 9.59 Å². The van der Waals surface area contributed by atoms with Crippen LogP contribution >= 0.6 is 0 Å². The molecule has 5 heteroatoms. The molecule has 15 heavy (non-hydrogen) atoms. The molecular formula is C10H19N3O2. The number of nitrogens with two attached hydrogens (primary N) is 2. The molecule has 0 bridgehead atoms. The van der Waals surface area contributed by atoms with Gasteiger partial charge in [-0.2, -0.15) is 0 Å². The average Bonchev–Trinajstić information content (AvgIpc) is 2.46. The third kappa shape index (κ3) is 2.28. The average molecular weight is 213 g/mol. The van der Waals surface area contributed by atoms with E-state index in [0.717, 1.165) is 0 Å². The lowest BCUT2D eigenvalue weighted by Gasteiger charge is -2.27. The van der Waals surface area contributed by atoms with E-state index in [4.69, 9.17) is 11.5 Å². The van der Waals surface area contributed by atoms with Gasteiger partial charge in [-0.15, -0.1) is 0 Å². The molecule has 0 saturated carbocycles. The van der Waals surface area contributed by atoms with E-state index >= 15 is 0 Å². The number of hydrogen-bond donors (Lipinski definition) is 2. The first kappa shape index (κ1) is 12.0. The van der Waals surface area contributed by atoms with Crippen LogP contribution in [-0.2, 0) is 9.59 Å². The molecule has 1 rings (SSSR count). The lowest BCUT2D eigenvalue weighted by molar-refractivity contribution is -0.135. The van der Waals surface area contributed by atoms with Gasteiger partial charge in [-0.25, -0.2) is 0 Å². The minimum atomic E-state index is -0.886. The molecule has 5 nitrogen and oxygen atoms in total. The van der Waals surface area contributed by atoms with Crippen molar-refractivity contribution in [2.45, 2.75) is 32.7 Å². The number of carbonyl (C=O) groups is 2. The Morgan fingerprint density at radius 1 is 1.40 bits per heavy atom. The second-order valence-electron chi connectivity index (χ2n) is 5.12. The standard InChI is InChI=1S/C10H19N3O2/c1-9(2,12)8(15)13-5-4-10(3,6-13)7(11)14/h4-6,12H2,1-3H3,(H2,11,14). The Morgan fingerprint density at radius 3 is 2.27 bits per heavy atom. The Morgan fingerprint density at radius 2 is 1.93 bits per heavy atom. The van der Waals surface area contributed by atoms with Crippen molar-refractivity contribution < 1.29 is 9.59 Å². The highest BCUT2D eigenvalue weighted by Gasteiger charge is 2.42. The first-order valence-electron chi connectivity index (χ1n) is 5.05. The van der Waals surface area contributed by atoms with E-state index in [1.54, 1.807) is 25.7 Å². The third-order valence-corrected chi connectivity index (χ3v) is 2.91. The number of amides is 2. The molecule has 2 amide bonds. The predicted octanol–water partition coefficient (Wildman–Crippen LogP) is -0.552. The molecule has 0 spiro atoms. The van der Waals surface area contributed by atoms with Crippen molar-refractivity contribution in [2.75, 3.05) is 13.1 Å². The number of hydrogen-bond acceptors (Lipinski definition) is 3. The molecule has 1 atom stereocenters. The molecule has 4 N–H and O–H groups in total. The van der Waals surface area contributed by atoms with Crippen molar-refractivity contribution in [1.29, 1.82) is 0 Å². The Hall–Kier alpha value is -1.10. The van der Waals surface area contributed by atoms with Crippen molar-refractivity contribution in [2.24, 2.45) is 16.9 Å². The molecule has 0 radical (unpaired) electrons. The smallest absolute Gasteiger partial charge is 0.242 e. The molecule has 0 aromatic heterocycles. The van der Waals surface area contributed by atoms with Crippen LogP contribution in [0, 0.1) is 5.41 Å². The van der Waals surface area contributed by atoms with Gasteiger partial charge in [0.2, 0.25) is 11.8 Å². The fourth-order valence-corrected chi connectivity index (χ4v) is 1.74. The van der Waals surface area contributed by atoms with Crippen molar-refractivity contribution in [3.05, 3.63) is 0 Å². The van der Waals surface area contributed by atoms with Crippen molar-refractivity contribution in [3.63, 3.8) is 0 Å². The molecule has 1 heterocycles. The van der Waals surface area contributed by atoms with E-state index in [-0.39, 0.29) is 11.8 Å². The SMILES string of the molecule is CC(C)(N)C(=O)N1CCC(C)(C(N)=O)C1. The van der Waals surface area contributed by atoms with E-state index in [1.165, 1.54) is 0 Å². The van der Waals surface area contributed by atoms with Gasteiger partial charge < -0.3 is 16.4 Å². The van der Waals surface area contributed by atoms with Crippen LogP contribution in [0.15, 0.2) is 0 Å². The van der Waals surface area contributed by atoms with Gasteiger partial charge >= 0.3 is 0 Å². The van der Waals surface area contributed by atoms with Crippen LogP contribution in [-0.4, -0.2) is 35.3 Å². The molecule has 1 saturated heterocycles. The highest BCUT2D eigenvalue weighted by molar-refractivity contribution is 5.87. The first-order valence-corrected chi connectivity index (χ1v) is 5.05. The maximum atomic E-state index is 11.8. The first-order chi connectivity index (χ1) is 6.67. The van der Waals surface area contributed by atoms with Crippen molar-refractivity contribution >= 4 is 11.8 Å². The molecule has 1 aliphatic heterocycles. The summed E-state index contributed by atoms with van der Waals surface area (Å²) in [5.41, 5.74) is 9.53. The van der Waals surface area contributed by atoms with E-state index in [0.29, 0.717) is 19.5 Å². The second kappa shape index (κ2) is 3.48. The van der Waals surface area contributed by atoms with Gasteiger partial charge in [-0.1, -0.05) is 0 Å². The molecular weight excluding hydrogens is 194 g/mol. The summed E-state index contributed by atoms with van der Waals surface area (Å²) in [5, 5.41) is 0. The minimum absolute atomic E-state index is 0.132. The maximum Gasteiger partial charge on any atom is 0.242 e. The highest BCUT2D eigenvalue weighted by Crippen LogP contribution is 2.30. The normalized spacial score (nSPS) is 26.8. The van der Waals surface area contributed by atoms with Crippen LogP contribution in [0.25, 0.3) is 0 Å². The van der Waals surface area contributed by atoms with E-state index in [9.17, 15) is 9.59 Å². The van der Waals surface area contributed by atoms with Gasteiger partial charge in [0, 0.05) is 13.1 Å². The lowest BCUT2D eigenvalue weighted by atomic mass is 9.89. The Balaban J connectivity index is 2.73. The van der Waals surface area contributed by atoms with Crippen molar-refractivity contribution in [3.8, 4) is 0 Å². The van der Waals surface area contributed by atoms with Gasteiger partial charge in [0.1, 0.15) is 0 Å². The van der Waals surface area contributed by atoms with Gasteiger partial charge in [-0.05, 0) is 27.2 Å². The summed E-state index contributed by atoms with van der Waals surface area (Å²) in [7, 11) is 0. The Bertz CT molecular complexity index is 296. The summed E-state index contributed by atoms with van der Waals surface area (Å²) >= 11 is 0. The predicted molar refractivity (Wildman–Crippen MR) is 56.8 cm³/mol. The molecule has 0 aliphatic carbocycles. The van der Waals surface area contributed by atoms with Gasteiger partial charge in [0.25, 0.3) is 0 Å².